The first-order valence-electron chi connectivity index (χ1n) is 12.9. The fourth-order valence-electron chi connectivity index (χ4n) is 5.05. The van der Waals surface area contributed by atoms with Crippen LogP contribution in [0.4, 0.5) is 0 Å². The van der Waals surface area contributed by atoms with E-state index >= 15 is 0 Å². The summed E-state index contributed by atoms with van der Waals surface area (Å²) in [5.74, 6) is -3.33. The molecule has 0 amide bonds. The van der Waals surface area contributed by atoms with Crippen molar-refractivity contribution in [2.75, 3.05) is 6.54 Å². The van der Waals surface area contributed by atoms with Crippen molar-refractivity contribution in [1.82, 2.24) is 0 Å². The molecule has 0 radical (unpaired) electrons. The summed E-state index contributed by atoms with van der Waals surface area (Å²) >= 11 is 0. The molecule has 0 heterocycles. The van der Waals surface area contributed by atoms with Gasteiger partial charge in [0.25, 0.3) is 0 Å². The molecule has 0 aliphatic carbocycles. The molecule has 0 spiro atoms. The average molecular weight is 471 g/mol. The van der Waals surface area contributed by atoms with Crippen LogP contribution < -0.4 is 0 Å². The van der Waals surface area contributed by atoms with Crippen LogP contribution in [0.5, 0.6) is 0 Å². The number of carboxylic acid groups (broad SMARTS) is 3. The summed E-state index contributed by atoms with van der Waals surface area (Å²) in [6.45, 7) is 7.94. The van der Waals surface area contributed by atoms with Crippen molar-refractivity contribution >= 4 is 17.9 Å². The zero-order valence-corrected chi connectivity index (χ0v) is 21.3. The van der Waals surface area contributed by atoms with Crippen LogP contribution in [0.2, 0.25) is 0 Å². The summed E-state index contributed by atoms with van der Waals surface area (Å²) in [4.78, 5) is 37.3. The van der Waals surface area contributed by atoms with E-state index in [4.69, 9.17) is 0 Å². The lowest BCUT2D eigenvalue weighted by Gasteiger charge is -2.50. The number of nitrogens with zero attached hydrogens (tertiary/aromatic N) is 1. The minimum atomic E-state index is -1.11. The van der Waals surface area contributed by atoms with Crippen molar-refractivity contribution in [3.8, 4) is 0 Å². The highest BCUT2D eigenvalue weighted by molar-refractivity contribution is 5.78. The molecule has 0 fully saturated rings. The lowest BCUT2D eigenvalue weighted by molar-refractivity contribution is -0.973. The number of carbonyl (C=O) groups is 3. The van der Waals surface area contributed by atoms with E-state index in [9.17, 15) is 29.7 Å². The van der Waals surface area contributed by atoms with Crippen LogP contribution in [-0.2, 0) is 14.4 Å². The maximum Gasteiger partial charge on any atom is 0.362 e. The summed E-state index contributed by atoms with van der Waals surface area (Å²) in [5, 5.41) is 30.5. The van der Waals surface area contributed by atoms with Gasteiger partial charge in [0.15, 0.2) is 18.1 Å². The molecule has 0 rings (SSSR count). The van der Waals surface area contributed by atoms with Gasteiger partial charge in [0.1, 0.15) is 0 Å². The number of hydrogen-bond acceptors (Lipinski definition) is 3. The summed E-state index contributed by atoms with van der Waals surface area (Å²) in [5.41, 5.74) is 0. The molecule has 0 aromatic heterocycles. The van der Waals surface area contributed by atoms with Gasteiger partial charge in [0.05, 0.1) is 6.54 Å². The Kier molecular flexibility index (Phi) is 16.6. The van der Waals surface area contributed by atoms with Gasteiger partial charge in [-0.05, 0) is 32.1 Å². The SMILES string of the molecule is CCCCCCC/C=C\CC[N+](C(CCC)C(=O)O)(C(CCC)C(=O)O)C(CCC)C(=O)O. The molecule has 0 saturated heterocycles. The zero-order valence-electron chi connectivity index (χ0n) is 21.3. The van der Waals surface area contributed by atoms with E-state index in [1.165, 1.54) is 25.7 Å². The molecule has 7 heteroatoms. The fourth-order valence-corrected chi connectivity index (χ4v) is 5.05. The molecule has 0 saturated carbocycles. The molecule has 33 heavy (non-hydrogen) atoms. The largest absolute Gasteiger partial charge is 0.477 e. The maximum absolute atomic E-state index is 12.4. The van der Waals surface area contributed by atoms with E-state index in [1.54, 1.807) is 0 Å². The molecule has 0 bridgehead atoms. The van der Waals surface area contributed by atoms with Crippen molar-refractivity contribution < 1.29 is 34.2 Å². The number of hydrogen-bond donors (Lipinski definition) is 3. The predicted molar refractivity (Wildman–Crippen MR) is 131 cm³/mol. The number of quaternary nitrogens is 1. The van der Waals surface area contributed by atoms with Crippen LogP contribution in [0.25, 0.3) is 0 Å². The molecule has 192 valence electrons. The summed E-state index contributed by atoms with van der Waals surface area (Å²) in [7, 11) is 0. The summed E-state index contributed by atoms with van der Waals surface area (Å²) in [6, 6.07) is -3.21. The van der Waals surface area contributed by atoms with Gasteiger partial charge in [0.2, 0.25) is 0 Å². The van der Waals surface area contributed by atoms with E-state index in [2.05, 4.69) is 13.0 Å². The third kappa shape index (κ3) is 9.86. The van der Waals surface area contributed by atoms with E-state index in [-0.39, 0.29) is 25.8 Å². The van der Waals surface area contributed by atoms with Gasteiger partial charge in [-0.1, -0.05) is 65.5 Å². The van der Waals surface area contributed by atoms with Gasteiger partial charge >= 0.3 is 17.9 Å². The molecule has 3 N–H and O–H groups in total. The maximum atomic E-state index is 12.4. The topological polar surface area (TPSA) is 112 Å². The van der Waals surface area contributed by atoms with Crippen molar-refractivity contribution in [3.63, 3.8) is 0 Å². The van der Waals surface area contributed by atoms with Crippen molar-refractivity contribution in [2.45, 2.75) is 129 Å². The Morgan fingerprint density at radius 2 is 1.00 bits per heavy atom. The first kappa shape index (κ1) is 31.1. The lowest BCUT2D eigenvalue weighted by Crippen LogP contribution is -2.72. The number of allylic oxidation sites excluding steroid dienone is 1. The van der Waals surface area contributed by atoms with Crippen LogP contribution in [0.1, 0.15) is 111 Å². The quantitative estimate of drug-likeness (QED) is 0.110. The monoisotopic (exact) mass is 470 g/mol. The minimum absolute atomic E-state index is 0.192. The average Bonchev–Trinajstić information content (AvgIpc) is 2.76. The molecule has 0 aromatic rings. The van der Waals surface area contributed by atoms with Crippen LogP contribution in [0, 0.1) is 0 Å². The second-order valence-corrected chi connectivity index (χ2v) is 9.11. The number of unbranched alkanes of at least 4 members (excludes halogenated alkanes) is 5. The second-order valence-electron chi connectivity index (χ2n) is 9.11. The van der Waals surface area contributed by atoms with Gasteiger partial charge in [-0.25, -0.2) is 14.4 Å². The Hall–Kier alpha value is -1.89. The van der Waals surface area contributed by atoms with Gasteiger partial charge in [-0.2, -0.15) is 0 Å². The molecular weight excluding hydrogens is 422 g/mol. The third-order valence-corrected chi connectivity index (χ3v) is 6.61. The number of aliphatic carboxylic acids is 3. The van der Waals surface area contributed by atoms with E-state index in [0.717, 1.165) is 12.8 Å². The highest BCUT2D eigenvalue weighted by atomic mass is 16.4. The Labute approximate surface area is 200 Å². The van der Waals surface area contributed by atoms with Crippen LogP contribution >= 0.6 is 0 Å². The van der Waals surface area contributed by atoms with Gasteiger partial charge < -0.3 is 15.3 Å². The van der Waals surface area contributed by atoms with E-state index < -0.39 is 40.5 Å². The van der Waals surface area contributed by atoms with Gasteiger partial charge in [0, 0.05) is 25.7 Å². The molecule has 0 aromatic carbocycles. The molecule has 3 unspecified atom stereocenters. The van der Waals surface area contributed by atoms with Crippen LogP contribution in [-0.4, -0.2) is 62.4 Å². The molecule has 7 nitrogen and oxygen atoms in total. The van der Waals surface area contributed by atoms with Crippen molar-refractivity contribution in [2.24, 2.45) is 0 Å². The highest BCUT2D eigenvalue weighted by Crippen LogP contribution is 2.34. The van der Waals surface area contributed by atoms with Crippen LogP contribution in [0.3, 0.4) is 0 Å². The Morgan fingerprint density at radius 1 is 0.606 bits per heavy atom. The Morgan fingerprint density at radius 3 is 1.36 bits per heavy atom. The van der Waals surface area contributed by atoms with Gasteiger partial charge in [-0.15, -0.1) is 0 Å². The summed E-state index contributed by atoms with van der Waals surface area (Å²) < 4.78 is -0.420. The smallest absolute Gasteiger partial charge is 0.362 e. The second kappa shape index (κ2) is 17.6. The third-order valence-electron chi connectivity index (χ3n) is 6.61. The van der Waals surface area contributed by atoms with E-state index in [1.807, 2.05) is 26.8 Å². The standard InChI is InChI=1S/C26H47NO6/c1-5-9-10-11-12-13-14-15-16-20-27(21(17-6-2)24(28)29,22(18-7-3)25(30)31)23(19-8-4)26(32)33/h14-15,21-23H,5-13,16-20H2,1-4H3,(H2-,28,29,30,31,32,33)/p+1/b15-14-. The van der Waals surface area contributed by atoms with E-state index in [0.29, 0.717) is 25.7 Å². The minimum Gasteiger partial charge on any atom is -0.477 e. The number of rotatable bonds is 21. The fraction of sp³-hybridized carbons (Fsp3) is 0.808. The highest BCUT2D eigenvalue weighted by Gasteiger charge is 2.56. The van der Waals surface area contributed by atoms with Crippen molar-refractivity contribution in [3.05, 3.63) is 12.2 Å². The lowest BCUT2D eigenvalue weighted by atomic mass is 9.91. The Bertz CT molecular complexity index is 544. The predicted octanol–water partition coefficient (Wildman–Crippen LogP) is 5.87. The van der Waals surface area contributed by atoms with Crippen LogP contribution in [0.15, 0.2) is 12.2 Å². The summed E-state index contributed by atoms with van der Waals surface area (Å²) in [6.07, 6.45) is 13.7. The number of carboxylic acids is 3. The molecule has 3 atom stereocenters. The van der Waals surface area contributed by atoms with Gasteiger partial charge in [-0.3, -0.25) is 4.48 Å². The normalized spacial score (nSPS) is 16.2. The first-order valence-corrected chi connectivity index (χ1v) is 12.9. The van der Waals surface area contributed by atoms with Crippen molar-refractivity contribution in [1.29, 1.82) is 0 Å². The Balaban J connectivity index is 6.13. The first-order chi connectivity index (χ1) is 15.7. The molecule has 0 aliphatic rings. The molecule has 0 aliphatic heterocycles. The zero-order chi connectivity index (χ0) is 25.3. The molecular formula is C26H48NO6+.